The second kappa shape index (κ2) is 7.10. The zero-order valence-electron chi connectivity index (χ0n) is 12.1. The van der Waals surface area contributed by atoms with Crippen molar-refractivity contribution in [3.8, 4) is 10.6 Å². The van der Waals surface area contributed by atoms with Gasteiger partial charge in [-0.3, -0.25) is 4.79 Å². The molecule has 0 saturated carbocycles. The van der Waals surface area contributed by atoms with Gasteiger partial charge < -0.3 is 0 Å². The Morgan fingerprint density at radius 3 is 2.70 bits per heavy atom. The first-order valence-corrected chi connectivity index (χ1v) is 9.07. The third kappa shape index (κ3) is 4.52. The van der Waals surface area contributed by atoms with Gasteiger partial charge in [0.05, 0.1) is 11.9 Å². The molecule has 1 aromatic heterocycles. The zero-order chi connectivity index (χ0) is 17.0. The second-order valence-electron chi connectivity index (χ2n) is 4.79. The molecule has 0 N–H and O–H groups in total. The van der Waals surface area contributed by atoms with Crippen LogP contribution in [0.25, 0.3) is 10.6 Å². The van der Waals surface area contributed by atoms with Crippen molar-refractivity contribution in [3.05, 3.63) is 57.7 Å². The Kier molecular flexibility index (Phi) is 5.38. The van der Waals surface area contributed by atoms with Gasteiger partial charge >= 0.3 is 0 Å². The van der Waals surface area contributed by atoms with Crippen LogP contribution in [-0.4, -0.2) is 19.2 Å². The maximum Gasteiger partial charge on any atom is 0.266 e. The van der Waals surface area contributed by atoms with Crippen molar-refractivity contribution >= 4 is 21.2 Å². The molecular weight excluding hydrogens is 344 g/mol. The molecule has 23 heavy (non-hydrogen) atoms. The van der Waals surface area contributed by atoms with Crippen LogP contribution in [0.4, 0.5) is 8.78 Å². The third-order valence-electron chi connectivity index (χ3n) is 2.97. The Bertz CT molecular complexity index is 901. The lowest BCUT2D eigenvalue weighted by Gasteiger charge is -2.04. The monoisotopic (exact) mass is 357 g/mol. The maximum absolute atomic E-state index is 12.1. The molecule has 0 amide bonds. The van der Waals surface area contributed by atoms with Crippen LogP contribution < -0.4 is 4.74 Å². The van der Waals surface area contributed by atoms with E-state index >= 15 is 0 Å². The molecule has 0 atom stereocenters. The van der Waals surface area contributed by atoms with Crippen molar-refractivity contribution < 1.29 is 17.2 Å². The van der Waals surface area contributed by atoms with E-state index in [0.29, 0.717) is 11.1 Å². The van der Waals surface area contributed by atoms with E-state index in [1.165, 1.54) is 0 Å². The summed E-state index contributed by atoms with van der Waals surface area (Å²) in [6, 6.07) is 7.31. The third-order valence-corrected chi connectivity index (χ3v) is 5.78. The molecule has 1 heterocycles. The molecule has 0 radical (unpaired) electrons. The first kappa shape index (κ1) is 17.4. The van der Waals surface area contributed by atoms with E-state index in [0.717, 1.165) is 28.7 Å². The van der Waals surface area contributed by atoms with E-state index in [2.05, 4.69) is 4.98 Å². The first-order chi connectivity index (χ1) is 10.8. The van der Waals surface area contributed by atoms with Crippen LogP contribution in [0, 0.1) is 6.92 Å². The van der Waals surface area contributed by atoms with Crippen LogP contribution >= 0.6 is 11.3 Å². The van der Waals surface area contributed by atoms with E-state index in [1.807, 2.05) is 25.1 Å². The highest BCUT2D eigenvalue weighted by molar-refractivity contribution is 7.91. The fourth-order valence-corrected chi connectivity index (χ4v) is 4.19. The van der Waals surface area contributed by atoms with Crippen LogP contribution in [0.2, 0.25) is 0 Å². The van der Waals surface area contributed by atoms with Gasteiger partial charge in [0.1, 0.15) is 9.90 Å². The molecule has 0 aliphatic heterocycles. The quantitative estimate of drug-likeness (QED) is 0.822. The average molecular weight is 357 g/mol. The van der Waals surface area contributed by atoms with Crippen LogP contribution in [0.1, 0.15) is 12.0 Å². The van der Waals surface area contributed by atoms with Crippen molar-refractivity contribution in [1.82, 2.24) is 4.98 Å². The molecule has 2 aromatic rings. The summed E-state index contributed by atoms with van der Waals surface area (Å²) in [5, 5.41) is 0.410. The highest BCUT2D eigenvalue weighted by atomic mass is 32.2. The molecule has 2 rings (SSSR count). The van der Waals surface area contributed by atoms with Gasteiger partial charge in [-0.15, -0.1) is 0 Å². The van der Waals surface area contributed by atoms with Gasteiger partial charge in [-0.2, -0.15) is 8.78 Å². The fraction of sp³-hybridized carbons (Fsp3) is 0.200. The number of hydrogen-bond acceptors (Lipinski definition) is 5. The highest BCUT2D eigenvalue weighted by Gasteiger charge is 2.19. The summed E-state index contributed by atoms with van der Waals surface area (Å²) >= 11 is 0.723. The highest BCUT2D eigenvalue weighted by Crippen LogP contribution is 2.21. The summed E-state index contributed by atoms with van der Waals surface area (Å²) in [7, 11) is -3.94. The average Bonchev–Trinajstić information content (AvgIpc) is 2.46. The lowest BCUT2D eigenvalue weighted by molar-refractivity contribution is 0.418. The van der Waals surface area contributed by atoms with E-state index in [4.69, 9.17) is 0 Å². The summed E-state index contributed by atoms with van der Waals surface area (Å²) in [5.74, 6) is -0.558. The molecule has 0 spiro atoms. The number of hydrogen-bond donors (Lipinski definition) is 0. The van der Waals surface area contributed by atoms with Crippen molar-refractivity contribution in [1.29, 1.82) is 0 Å². The normalized spacial score (nSPS) is 11.3. The van der Waals surface area contributed by atoms with E-state index in [-0.39, 0.29) is 6.42 Å². The van der Waals surface area contributed by atoms with Crippen LogP contribution in [0.15, 0.2) is 52.3 Å². The van der Waals surface area contributed by atoms with Gasteiger partial charge in [-0.1, -0.05) is 35.1 Å². The van der Waals surface area contributed by atoms with Crippen molar-refractivity contribution in [3.63, 3.8) is 0 Å². The minimum Gasteiger partial charge on any atom is -0.276 e. The zero-order valence-corrected chi connectivity index (χ0v) is 13.8. The summed E-state index contributed by atoms with van der Waals surface area (Å²) in [6.45, 7) is 1.89. The summed E-state index contributed by atoms with van der Waals surface area (Å²) in [4.78, 5) is 15.7. The molecule has 0 saturated heterocycles. The van der Waals surface area contributed by atoms with Crippen LogP contribution in [0.3, 0.4) is 0 Å². The number of nitrogens with zero attached hydrogens (tertiary/aromatic N) is 1. The Morgan fingerprint density at radius 2 is 2.09 bits per heavy atom. The van der Waals surface area contributed by atoms with Crippen molar-refractivity contribution in [2.45, 2.75) is 18.2 Å². The number of aromatic nitrogens is 1. The van der Waals surface area contributed by atoms with Gasteiger partial charge in [0.2, 0.25) is 0 Å². The Hall–Kier alpha value is -1.93. The lowest BCUT2D eigenvalue weighted by atomic mass is 10.1. The molecule has 8 heteroatoms. The smallest absolute Gasteiger partial charge is 0.266 e. The SMILES string of the molecule is Cc1cccc(-c2ncc(S(=O)(=O)CCC=C(F)F)c(=O)s2)c1. The first-order valence-electron chi connectivity index (χ1n) is 6.61. The Balaban J connectivity index is 2.33. The molecule has 1 aromatic carbocycles. The Labute approximate surface area is 136 Å². The molecule has 0 fully saturated rings. The molecule has 122 valence electrons. The molecule has 4 nitrogen and oxygen atoms in total. The number of allylic oxidation sites excluding steroid dienone is 1. The molecule has 0 bridgehead atoms. The summed E-state index contributed by atoms with van der Waals surface area (Å²) < 4.78 is 47.3. The van der Waals surface area contributed by atoms with E-state index in [1.54, 1.807) is 6.07 Å². The molecule has 0 aliphatic rings. The number of aryl methyl sites for hydroxylation is 1. The lowest BCUT2D eigenvalue weighted by Crippen LogP contribution is -2.16. The number of halogens is 2. The number of benzene rings is 1. The van der Waals surface area contributed by atoms with Gasteiger partial charge in [-0.05, 0) is 25.5 Å². The van der Waals surface area contributed by atoms with Gasteiger partial charge in [-0.25, -0.2) is 13.4 Å². The number of sulfone groups is 1. The van der Waals surface area contributed by atoms with Gasteiger partial charge in [0.25, 0.3) is 10.8 Å². The summed E-state index contributed by atoms with van der Waals surface area (Å²) in [5.41, 5.74) is 1.71. The van der Waals surface area contributed by atoms with Crippen molar-refractivity contribution in [2.24, 2.45) is 0 Å². The maximum atomic E-state index is 12.1. The minimum absolute atomic E-state index is 0.353. The second-order valence-corrected chi connectivity index (χ2v) is 7.83. The van der Waals surface area contributed by atoms with Crippen LogP contribution in [0.5, 0.6) is 0 Å². The topological polar surface area (TPSA) is 64.1 Å². The minimum atomic E-state index is -3.94. The molecule has 0 unspecified atom stereocenters. The Morgan fingerprint density at radius 1 is 1.35 bits per heavy atom. The molecular formula is C15H13F2NO3S2. The van der Waals surface area contributed by atoms with E-state index < -0.39 is 31.3 Å². The fourth-order valence-electron chi connectivity index (χ4n) is 1.89. The largest absolute Gasteiger partial charge is 0.276 e. The predicted octanol–water partition coefficient (Wildman–Crippen LogP) is 3.42. The molecule has 0 aliphatic carbocycles. The summed E-state index contributed by atoms with van der Waals surface area (Å²) in [6.07, 6.45) is -0.784. The van der Waals surface area contributed by atoms with Crippen molar-refractivity contribution in [2.75, 3.05) is 5.75 Å². The number of rotatable bonds is 5. The van der Waals surface area contributed by atoms with E-state index in [9.17, 15) is 22.0 Å². The predicted molar refractivity (Wildman–Crippen MR) is 85.5 cm³/mol. The van der Waals surface area contributed by atoms with Gasteiger partial charge in [0, 0.05) is 5.56 Å². The standard InChI is InChI=1S/C15H13F2NO3S2/c1-10-4-2-5-11(8-10)14-18-9-12(15(19)22-14)23(20,21)7-3-6-13(16)17/h2,4-6,8-9H,3,7H2,1H3. The van der Waals surface area contributed by atoms with Crippen LogP contribution in [-0.2, 0) is 9.84 Å². The van der Waals surface area contributed by atoms with Gasteiger partial charge in [0.15, 0.2) is 9.84 Å².